The number of hydrogen-bond acceptors (Lipinski definition) is 3. The van der Waals surface area contributed by atoms with Crippen molar-refractivity contribution in [2.75, 3.05) is 6.54 Å². The van der Waals surface area contributed by atoms with Crippen LogP contribution in [-0.4, -0.2) is 26.5 Å². The second-order valence-corrected chi connectivity index (χ2v) is 6.97. The van der Waals surface area contributed by atoms with Gasteiger partial charge in [0.1, 0.15) is 0 Å². The largest absolute Gasteiger partial charge is 0.348 e. The van der Waals surface area contributed by atoms with Crippen LogP contribution in [0.3, 0.4) is 0 Å². The van der Waals surface area contributed by atoms with Crippen molar-refractivity contribution in [3.05, 3.63) is 44.3 Å². The first kappa shape index (κ1) is 15.1. The molecule has 0 saturated carbocycles. The highest BCUT2D eigenvalue weighted by Gasteiger charge is 2.27. The van der Waals surface area contributed by atoms with Gasteiger partial charge < -0.3 is 14.0 Å². The normalized spacial score (nSPS) is 17.6. The van der Waals surface area contributed by atoms with Gasteiger partial charge in [0.15, 0.2) is 0 Å². The zero-order valence-electron chi connectivity index (χ0n) is 13.2. The number of nitrogens with zero attached hydrogens (tertiary/aromatic N) is 3. The second kappa shape index (κ2) is 5.76. The predicted octanol–water partition coefficient (Wildman–Crippen LogP) is 2.32. The highest BCUT2D eigenvalue weighted by molar-refractivity contribution is 7.09. The van der Waals surface area contributed by atoms with E-state index in [-0.39, 0.29) is 16.8 Å². The van der Waals surface area contributed by atoms with E-state index in [1.54, 1.807) is 4.57 Å². The number of aryl methyl sites for hydroxylation is 1. The van der Waals surface area contributed by atoms with E-state index in [2.05, 4.69) is 23.8 Å². The van der Waals surface area contributed by atoms with Crippen molar-refractivity contribution >= 4 is 17.2 Å². The molecule has 5 nitrogen and oxygen atoms in total. The zero-order valence-corrected chi connectivity index (χ0v) is 14.0. The molecule has 1 aliphatic rings. The monoisotopic (exact) mass is 319 g/mol. The summed E-state index contributed by atoms with van der Waals surface area (Å²) in [5, 5.41) is 0. The van der Waals surface area contributed by atoms with E-state index in [0.717, 1.165) is 23.7 Å². The van der Waals surface area contributed by atoms with Gasteiger partial charge in [-0.05, 0) is 32.9 Å². The highest BCUT2D eigenvalue weighted by atomic mass is 32.1. The fourth-order valence-corrected chi connectivity index (χ4v) is 3.97. The summed E-state index contributed by atoms with van der Waals surface area (Å²) in [4.78, 5) is 27.4. The molecule has 1 unspecified atom stereocenters. The molecule has 1 amide bonds. The summed E-state index contributed by atoms with van der Waals surface area (Å²) in [6, 6.07) is 4.19. The summed E-state index contributed by atoms with van der Waals surface area (Å²) in [6.07, 6.45) is 2.44. The van der Waals surface area contributed by atoms with Crippen LogP contribution in [0.25, 0.3) is 0 Å². The Hall–Kier alpha value is -1.82. The average Bonchev–Trinajstić information content (AvgIpc) is 3.04. The maximum atomic E-state index is 12.5. The molecule has 3 rings (SSSR count). The first-order chi connectivity index (χ1) is 10.5. The van der Waals surface area contributed by atoms with Gasteiger partial charge in [0, 0.05) is 48.5 Å². The van der Waals surface area contributed by atoms with Gasteiger partial charge in [-0.1, -0.05) is 11.3 Å². The van der Waals surface area contributed by atoms with Crippen LogP contribution >= 0.6 is 11.3 Å². The predicted molar refractivity (Wildman–Crippen MR) is 87.2 cm³/mol. The molecule has 1 atom stereocenters. The van der Waals surface area contributed by atoms with Crippen LogP contribution in [0.5, 0.6) is 0 Å². The van der Waals surface area contributed by atoms with Gasteiger partial charge in [0.2, 0.25) is 5.91 Å². The zero-order chi connectivity index (χ0) is 15.9. The second-order valence-electron chi connectivity index (χ2n) is 5.80. The molecular formula is C16H21N3O2S. The number of carbonyl (C=O) groups excluding carboxylic acids is 1. The van der Waals surface area contributed by atoms with E-state index in [4.69, 9.17) is 0 Å². The lowest BCUT2D eigenvalue weighted by Gasteiger charge is -2.35. The molecule has 6 heteroatoms. The maximum Gasteiger partial charge on any atom is 0.307 e. The summed E-state index contributed by atoms with van der Waals surface area (Å²) < 4.78 is 3.92. The SMILES string of the molecule is Cc1sc(=O)n(CCC(=O)N2CCn3cccc3C2C)c1C. The first-order valence-corrected chi connectivity index (χ1v) is 8.42. The van der Waals surface area contributed by atoms with E-state index < -0.39 is 0 Å². The molecule has 2 aromatic rings. The summed E-state index contributed by atoms with van der Waals surface area (Å²) in [5.74, 6) is 0.120. The van der Waals surface area contributed by atoms with Crippen LogP contribution in [-0.2, 0) is 17.9 Å². The van der Waals surface area contributed by atoms with Crippen molar-refractivity contribution < 1.29 is 4.79 Å². The molecule has 3 heterocycles. The molecule has 0 spiro atoms. The smallest absolute Gasteiger partial charge is 0.307 e. The lowest BCUT2D eigenvalue weighted by molar-refractivity contribution is -0.134. The molecular weight excluding hydrogens is 298 g/mol. The van der Waals surface area contributed by atoms with E-state index >= 15 is 0 Å². The van der Waals surface area contributed by atoms with E-state index in [0.29, 0.717) is 13.0 Å². The number of amides is 1. The van der Waals surface area contributed by atoms with Crippen LogP contribution in [0.1, 0.15) is 35.7 Å². The number of hydrogen-bond donors (Lipinski definition) is 0. The third-order valence-corrected chi connectivity index (χ3v) is 5.58. The van der Waals surface area contributed by atoms with Crippen LogP contribution < -0.4 is 4.87 Å². The number of thiazole rings is 1. The Bertz CT molecular complexity index is 756. The quantitative estimate of drug-likeness (QED) is 0.872. The summed E-state index contributed by atoms with van der Waals surface area (Å²) in [7, 11) is 0. The van der Waals surface area contributed by atoms with Gasteiger partial charge in [0.25, 0.3) is 0 Å². The van der Waals surface area contributed by atoms with Crippen LogP contribution in [0, 0.1) is 13.8 Å². The Morgan fingerprint density at radius 1 is 1.36 bits per heavy atom. The fourth-order valence-electron chi connectivity index (χ4n) is 3.12. The van der Waals surface area contributed by atoms with Crippen molar-refractivity contribution in [1.82, 2.24) is 14.0 Å². The molecule has 0 fully saturated rings. The molecule has 0 aliphatic carbocycles. The summed E-state index contributed by atoms with van der Waals surface area (Å²) in [6.45, 7) is 8.00. The molecule has 22 heavy (non-hydrogen) atoms. The van der Waals surface area contributed by atoms with Gasteiger partial charge >= 0.3 is 4.87 Å². The molecule has 0 bridgehead atoms. The Morgan fingerprint density at radius 3 is 2.82 bits per heavy atom. The highest BCUT2D eigenvalue weighted by Crippen LogP contribution is 2.25. The summed E-state index contributed by atoms with van der Waals surface area (Å²) in [5.41, 5.74) is 2.16. The first-order valence-electron chi connectivity index (χ1n) is 7.60. The summed E-state index contributed by atoms with van der Waals surface area (Å²) >= 11 is 1.25. The molecule has 118 valence electrons. The topological polar surface area (TPSA) is 47.2 Å². The number of fused-ring (bicyclic) bond motifs is 1. The lowest BCUT2D eigenvalue weighted by Crippen LogP contribution is -2.41. The van der Waals surface area contributed by atoms with Gasteiger partial charge in [-0.2, -0.15) is 0 Å². The Kier molecular flexibility index (Phi) is 3.95. The van der Waals surface area contributed by atoms with Crippen LogP contribution in [0.2, 0.25) is 0 Å². The minimum atomic E-state index is 0.0309. The maximum absolute atomic E-state index is 12.5. The minimum Gasteiger partial charge on any atom is -0.348 e. The molecule has 0 saturated heterocycles. The van der Waals surface area contributed by atoms with E-state index in [1.807, 2.05) is 24.8 Å². The Morgan fingerprint density at radius 2 is 2.14 bits per heavy atom. The molecule has 0 N–H and O–H groups in total. The van der Waals surface area contributed by atoms with Gasteiger partial charge in [-0.3, -0.25) is 9.59 Å². The average molecular weight is 319 g/mol. The Balaban J connectivity index is 1.69. The van der Waals surface area contributed by atoms with Crippen molar-refractivity contribution in [3.8, 4) is 0 Å². The van der Waals surface area contributed by atoms with Gasteiger partial charge in [0.05, 0.1) is 6.04 Å². The number of rotatable bonds is 3. The fraction of sp³-hybridized carbons (Fsp3) is 0.500. The lowest BCUT2D eigenvalue weighted by atomic mass is 10.1. The van der Waals surface area contributed by atoms with Crippen LogP contribution in [0.15, 0.2) is 23.1 Å². The van der Waals surface area contributed by atoms with Crippen molar-refractivity contribution in [2.24, 2.45) is 0 Å². The van der Waals surface area contributed by atoms with E-state index in [1.165, 1.54) is 17.0 Å². The molecule has 2 aromatic heterocycles. The van der Waals surface area contributed by atoms with Gasteiger partial charge in [-0.25, -0.2) is 0 Å². The Labute approximate surface area is 133 Å². The van der Waals surface area contributed by atoms with E-state index in [9.17, 15) is 9.59 Å². The standard InChI is InChI=1S/C16H21N3O2S/c1-11-13(3)22-16(21)19(11)8-6-15(20)18-10-9-17-7-4-5-14(17)12(18)2/h4-5,7,12H,6,8-10H2,1-3H3. The molecule has 0 aromatic carbocycles. The number of carbonyl (C=O) groups is 1. The third kappa shape index (κ3) is 2.52. The number of aromatic nitrogens is 2. The van der Waals surface area contributed by atoms with Crippen molar-refractivity contribution in [1.29, 1.82) is 0 Å². The minimum absolute atomic E-state index is 0.0309. The molecule has 1 aliphatic heterocycles. The van der Waals surface area contributed by atoms with Crippen molar-refractivity contribution in [3.63, 3.8) is 0 Å². The molecule has 0 radical (unpaired) electrons. The third-order valence-electron chi connectivity index (χ3n) is 4.59. The van der Waals surface area contributed by atoms with Crippen molar-refractivity contribution in [2.45, 2.75) is 46.3 Å². The van der Waals surface area contributed by atoms with Crippen LogP contribution in [0.4, 0.5) is 0 Å². The van der Waals surface area contributed by atoms with Gasteiger partial charge in [-0.15, -0.1) is 0 Å².